The molecule has 0 spiro atoms. The number of ether oxygens (including phenoxy) is 1. The van der Waals surface area contributed by atoms with Crippen LogP contribution in [0.3, 0.4) is 0 Å². The zero-order valence-electron chi connectivity index (χ0n) is 28.7. The fraction of sp³-hybridized carbons (Fsp3) is 0.421. The molecule has 3 aromatic heterocycles. The average molecular weight is 725 g/mol. The summed E-state index contributed by atoms with van der Waals surface area (Å²) < 4.78 is 27.4. The number of aryl methyl sites for hydroxylation is 1. The Bertz CT molecular complexity index is 2190. The van der Waals surface area contributed by atoms with Crippen LogP contribution < -0.4 is 9.64 Å². The summed E-state index contributed by atoms with van der Waals surface area (Å²) >= 11 is 7.98. The number of aromatic nitrogens is 5. The highest BCUT2D eigenvalue weighted by Crippen LogP contribution is 2.40. The number of nitrogens with zero attached hydrogens (tertiary/aromatic N) is 8. The number of carbonyl (C=O) groups is 1. The monoisotopic (exact) mass is 724 g/mol. The lowest BCUT2D eigenvalue weighted by Gasteiger charge is -2.31. The topological polar surface area (TPSA) is 100 Å². The number of fused-ring (bicyclic) bond motifs is 3. The summed E-state index contributed by atoms with van der Waals surface area (Å²) in [5.41, 5.74) is 0.856. The Hall–Kier alpha value is -4.44. The molecule has 0 bridgehead atoms. The van der Waals surface area contributed by atoms with Crippen LogP contribution in [0.5, 0.6) is 6.01 Å². The number of carbonyl (C=O) groups excluding carboxylic acids is 1. The fourth-order valence-electron chi connectivity index (χ4n) is 7.95. The van der Waals surface area contributed by atoms with Gasteiger partial charge in [-0.2, -0.15) is 14.3 Å². The van der Waals surface area contributed by atoms with Gasteiger partial charge in [-0.15, -0.1) is 0 Å². The average Bonchev–Trinajstić information content (AvgIpc) is 3.94. The maximum atomic E-state index is 16.8. The molecule has 5 aromatic rings. The van der Waals surface area contributed by atoms with Crippen LogP contribution in [0.25, 0.3) is 32.9 Å². The van der Waals surface area contributed by atoms with Crippen molar-refractivity contribution in [3.63, 3.8) is 0 Å². The SMILES string of the molecule is Cc1nsc(CC#CCC(=O)N2CCC(N(C)c3nc(OCC45CCCN4CCC5)nc4c(F)c(-c5cccc6cccc(Cl)c56)ncc34)C2)n1. The molecular formula is C38H38ClFN8O2S. The van der Waals surface area contributed by atoms with Crippen molar-refractivity contribution >= 4 is 56.5 Å². The predicted octanol–water partition coefficient (Wildman–Crippen LogP) is 6.48. The van der Waals surface area contributed by atoms with Gasteiger partial charge in [-0.05, 0) is 75.1 Å². The summed E-state index contributed by atoms with van der Waals surface area (Å²) in [6.07, 6.45) is 7.39. The molecule has 1 unspecified atom stereocenters. The minimum Gasteiger partial charge on any atom is -0.461 e. The second-order valence-corrected chi connectivity index (χ2v) is 14.9. The highest BCUT2D eigenvalue weighted by Gasteiger charge is 2.45. The summed E-state index contributed by atoms with van der Waals surface area (Å²) in [5, 5.41) is 3.46. The molecule has 1 amide bonds. The van der Waals surface area contributed by atoms with E-state index in [1.54, 1.807) is 12.3 Å². The third-order valence-corrected chi connectivity index (χ3v) is 11.7. The molecule has 3 aliphatic heterocycles. The van der Waals surface area contributed by atoms with Gasteiger partial charge in [0, 0.05) is 48.3 Å². The van der Waals surface area contributed by atoms with Crippen molar-refractivity contribution in [1.82, 2.24) is 34.1 Å². The number of hydrogen-bond acceptors (Lipinski definition) is 10. The van der Waals surface area contributed by atoms with Gasteiger partial charge in [0.1, 0.15) is 34.5 Å². The molecule has 0 saturated carbocycles. The number of anilines is 1. The van der Waals surface area contributed by atoms with Gasteiger partial charge < -0.3 is 14.5 Å². The van der Waals surface area contributed by atoms with Crippen LogP contribution in [-0.2, 0) is 11.2 Å². The van der Waals surface area contributed by atoms with Crippen molar-refractivity contribution in [2.45, 2.75) is 63.5 Å². The lowest BCUT2D eigenvalue weighted by Crippen LogP contribution is -2.43. The minimum atomic E-state index is -0.561. The zero-order chi connectivity index (χ0) is 35.1. The Morgan fingerprint density at radius 2 is 1.92 bits per heavy atom. The van der Waals surface area contributed by atoms with Crippen LogP contribution >= 0.6 is 23.1 Å². The van der Waals surface area contributed by atoms with E-state index in [9.17, 15) is 4.79 Å². The molecule has 0 aliphatic carbocycles. The summed E-state index contributed by atoms with van der Waals surface area (Å²) in [7, 11) is 1.93. The third kappa shape index (κ3) is 6.47. The number of likely N-dealkylation sites (N-methyl/N-ethyl adjacent to an activating group) is 1. The van der Waals surface area contributed by atoms with E-state index >= 15 is 4.39 Å². The molecule has 10 nitrogen and oxygen atoms in total. The van der Waals surface area contributed by atoms with Crippen LogP contribution in [0, 0.1) is 24.6 Å². The van der Waals surface area contributed by atoms with Gasteiger partial charge in [0.2, 0.25) is 5.91 Å². The fourth-order valence-corrected chi connectivity index (χ4v) is 8.82. The first-order chi connectivity index (χ1) is 24.8. The Morgan fingerprint density at radius 3 is 2.71 bits per heavy atom. The van der Waals surface area contributed by atoms with Crippen molar-refractivity contribution in [2.24, 2.45) is 0 Å². The van der Waals surface area contributed by atoms with Crippen LogP contribution in [0.4, 0.5) is 10.2 Å². The quantitative estimate of drug-likeness (QED) is 0.167. The van der Waals surface area contributed by atoms with Crippen LogP contribution in [0.15, 0.2) is 42.6 Å². The molecule has 6 heterocycles. The van der Waals surface area contributed by atoms with Gasteiger partial charge in [-0.25, -0.2) is 9.37 Å². The molecule has 8 rings (SSSR count). The maximum Gasteiger partial charge on any atom is 0.319 e. The van der Waals surface area contributed by atoms with Gasteiger partial charge in [0.25, 0.3) is 0 Å². The standard InChI is InChI=1S/C38H38ClFN8O2S/c1-24-42-30(51-45-24)13-3-4-14-31(49)47-20-15-26(22-47)46(2)36-28-21-41-34(27-11-5-9-25-10-6-12-29(39)32(25)27)33(40)35(28)43-37(44-36)50-23-38-16-7-18-48(38)19-8-17-38/h5-6,9-12,21,26H,7-8,13-20,22-23H2,1-2H3. The first kappa shape index (κ1) is 33.7. The molecule has 3 fully saturated rings. The smallest absolute Gasteiger partial charge is 0.319 e. The molecule has 0 radical (unpaired) electrons. The minimum absolute atomic E-state index is 0.0218. The summed E-state index contributed by atoms with van der Waals surface area (Å²) in [4.78, 5) is 38.1. The molecule has 3 aliphatic rings. The van der Waals surface area contributed by atoms with E-state index in [-0.39, 0.29) is 41.1 Å². The van der Waals surface area contributed by atoms with Gasteiger partial charge in [0.15, 0.2) is 5.82 Å². The second kappa shape index (κ2) is 13.9. The van der Waals surface area contributed by atoms with Crippen molar-refractivity contribution in [3.8, 4) is 29.1 Å². The van der Waals surface area contributed by atoms with Gasteiger partial charge in [0.05, 0.1) is 23.8 Å². The molecule has 0 N–H and O–H groups in total. The lowest BCUT2D eigenvalue weighted by molar-refractivity contribution is -0.129. The van der Waals surface area contributed by atoms with Gasteiger partial charge in [-0.1, -0.05) is 53.8 Å². The van der Waals surface area contributed by atoms with Crippen LogP contribution in [0.2, 0.25) is 5.02 Å². The normalized spacial score (nSPS) is 18.3. The molecule has 262 valence electrons. The Balaban J connectivity index is 1.09. The number of likely N-dealkylation sites (tertiary alicyclic amines) is 1. The number of pyridine rings is 1. The van der Waals surface area contributed by atoms with Crippen molar-refractivity contribution in [1.29, 1.82) is 0 Å². The lowest BCUT2D eigenvalue weighted by atomic mass is 9.95. The van der Waals surface area contributed by atoms with Gasteiger partial charge >= 0.3 is 6.01 Å². The molecule has 3 saturated heterocycles. The molecule has 51 heavy (non-hydrogen) atoms. The van der Waals surface area contributed by atoms with Crippen molar-refractivity contribution < 1.29 is 13.9 Å². The third-order valence-electron chi connectivity index (χ3n) is 10.6. The van der Waals surface area contributed by atoms with E-state index in [2.05, 4.69) is 31.1 Å². The second-order valence-electron chi connectivity index (χ2n) is 13.7. The molecular weight excluding hydrogens is 687 g/mol. The largest absolute Gasteiger partial charge is 0.461 e. The summed E-state index contributed by atoms with van der Waals surface area (Å²) in [6.45, 7) is 5.52. The highest BCUT2D eigenvalue weighted by atomic mass is 35.5. The van der Waals surface area contributed by atoms with Crippen LogP contribution in [-0.4, -0.2) is 91.4 Å². The maximum absolute atomic E-state index is 16.8. The first-order valence-corrected chi connectivity index (χ1v) is 18.6. The molecule has 2 aromatic carbocycles. The highest BCUT2D eigenvalue weighted by molar-refractivity contribution is 7.05. The Labute approximate surface area is 305 Å². The van der Waals surface area contributed by atoms with Crippen molar-refractivity contribution in [3.05, 3.63) is 64.3 Å². The molecule has 13 heteroatoms. The van der Waals surface area contributed by atoms with E-state index < -0.39 is 5.82 Å². The van der Waals surface area contributed by atoms with Crippen molar-refractivity contribution in [2.75, 3.05) is 44.7 Å². The van der Waals surface area contributed by atoms with Crippen LogP contribution in [0.1, 0.15) is 49.4 Å². The summed E-state index contributed by atoms with van der Waals surface area (Å²) in [6, 6.07) is 11.3. The predicted molar refractivity (Wildman–Crippen MR) is 198 cm³/mol. The van der Waals surface area contributed by atoms with E-state index in [4.69, 9.17) is 26.3 Å². The van der Waals surface area contributed by atoms with Gasteiger partial charge in [-0.3, -0.25) is 14.7 Å². The first-order valence-electron chi connectivity index (χ1n) is 17.5. The Morgan fingerprint density at radius 1 is 1.12 bits per heavy atom. The van der Waals surface area contributed by atoms with E-state index in [1.807, 2.05) is 54.1 Å². The number of halogens is 2. The van der Waals surface area contributed by atoms with E-state index in [0.717, 1.165) is 66.8 Å². The number of hydrogen-bond donors (Lipinski definition) is 0. The number of rotatable bonds is 8. The zero-order valence-corrected chi connectivity index (χ0v) is 30.2. The Kier molecular flexibility index (Phi) is 9.21. The number of amides is 1. The summed E-state index contributed by atoms with van der Waals surface area (Å²) in [5.74, 6) is 6.72. The van der Waals surface area contributed by atoms with E-state index in [1.165, 1.54) is 11.5 Å². The van der Waals surface area contributed by atoms with E-state index in [0.29, 0.717) is 47.9 Å². The number of benzene rings is 2. The molecule has 1 atom stereocenters.